The van der Waals surface area contributed by atoms with Crippen LogP contribution in [0.5, 0.6) is 0 Å². The zero-order chi connectivity index (χ0) is 16.2. The summed E-state index contributed by atoms with van der Waals surface area (Å²) in [7, 11) is 0. The first-order valence-corrected chi connectivity index (χ1v) is 8.75. The number of nitrogens with one attached hydrogen (secondary N) is 1. The molecular weight excluding hydrogens is 313 g/mol. The summed E-state index contributed by atoms with van der Waals surface area (Å²) in [6.07, 6.45) is 2.57. The van der Waals surface area contributed by atoms with Crippen molar-refractivity contribution in [3.63, 3.8) is 0 Å². The summed E-state index contributed by atoms with van der Waals surface area (Å²) in [6, 6.07) is 6.18. The van der Waals surface area contributed by atoms with Gasteiger partial charge in [-0.1, -0.05) is 6.92 Å². The van der Waals surface area contributed by atoms with Gasteiger partial charge in [0, 0.05) is 17.5 Å². The molecule has 0 saturated heterocycles. The molecule has 0 spiro atoms. The molecule has 0 bridgehead atoms. The zero-order valence-electron chi connectivity index (χ0n) is 13.1. The first-order chi connectivity index (χ1) is 11.1. The summed E-state index contributed by atoms with van der Waals surface area (Å²) in [5.74, 6) is 0.466. The number of hydrogen-bond donors (Lipinski definition) is 1. The second-order valence-electron chi connectivity index (χ2n) is 5.86. The molecule has 23 heavy (non-hydrogen) atoms. The van der Waals surface area contributed by atoms with Crippen molar-refractivity contribution in [1.29, 1.82) is 0 Å². The maximum absolute atomic E-state index is 12.9. The van der Waals surface area contributed by atoms with Gasteiger partial charge in [0.2, 0.25) is 5.91 Å². The molecule has 4 nitrogen and oxygen atoms in total. The van der Waals surface area contributed by atoms with E-state index in [1.807, 2.05) is 5.38 Å². The normalized spacial score (nSPS) is 14.2. The third kappa shape index (κ3) is 4.59. The van der Waals surface area contributed by atoms with E-state index in [0.717, 1.165) is 30.3 Å². The fourth-order valence-corrected chi connectivity index (χ4v) is 3.15. The zero-order valence-corrected chi connectivity index (χ0v) is 13.9. The number of benzene rings is 1. The standard InChI is InChI=1S/C17H20FN3OS/c1-2-21(9-12-3-4-12)10-16(22)20-17-19-15(11-23-17)13-5-7-14(18)8-6-13/h5-8,11-12H,2-4,9-10H2,1H3,(H,19,20,22). The molecule has 0 unspecified atom stereocenters. The Labute approximate surface area is 139 Å². The van der Waals surface area contributed by atoms with Crippen LogP contribution in [0.25, 0.3) is 11.3 Å². The van der Waals surface area contributed by atoms with Crippen molar-refractivity contribution in [2.75, 3.05) is 25.0 Å². The van der Waals surface area contributed by atoms with E-state index < -0.39 is 0 Å². The Morgan fingerprint density at radius 1 is 1.39 bits per heavy atom. The molecule has 1 aliphatic carbocycles. The van der Waals surface area contributed by atoms with Crippen LogP contribution in [-0.2, 0) is 4.79 Å². The molecule has 1 saturated carbocycles. The van der Waals surface area contributed by atoms with Crippen LogP contribution < -0.4 is 5.32 Å². The minimum Gasteiger partial charge on any atom is -0.301 e. The Morgan fingerprint density at radius 3 is 2.78 bits per heavy atom. The Morgan fingerprint density at radius 2 is 2.13 bits per heavy atom. The predicted molar refractivity (Wildman–Crippen MR) is 91.0 cm³/mol. The molecule has 1 aliphatic rings. The topological polar surface area (TPSA) is 45.2 Å². The van der Waals surface area contributed by atoms with Gasteiger partial charge in [0.05, 0.1) is 12.2 Å². The Balaban J connectivity index is 1.57. The van der Waals surface area contributed by atoms with Gasteiger partial charge in [-0.3, -0.25) is 9.69 Å². The summed E-state index contributed by atoms with van der Waals surface area (Å²) in [5.41, 5.74) is 1.59. The second kappa shape index (κ2) is 7.19. The van der Waals surface area contributed by atoms with Crippen molar-refractivity contribution in [1.82, 2.24) is 9.88 Å². The highest BCUT2D eigenvalue weighted by atomic mass is 32.1. The predicted octanol–water partition coefficient (Wildman–Crippen LogP) is 3.62. The molecule has 2 aromatic rings. The van der Waals surface area contributed by atoms with Crippen molar-refractivity contribution in [3.05, 3.63) is 35.5 Å². The minimum absolute atomic E-state index is 0.0347. The van der Waals surface area contributed by atoms with Crippen molar-refractivity contribution >= 4 is 22.4 Å². The third-order valence-corrected chi connectivity index (χ3v) is 4.68. The van der Waals surface area contributed by atoms with E-state index in [4.69, 9.17) is 0 Å². The van der Waals surface area contributed by atoms with Gasteiger partial charge in [0.1, 0.15) is 5.82 Å². The van der Waals surface area contributed by atoms with E-state index in [-0.39, 0.29) is 11.7 Å². The number of amides is 1. The number of nitrogens with zero attached hydrogens (tertiary/aromatic N) is 2. The largest absolute Gasteiger partial charge is 0.301 e. The number of hydrogen-bond acceptors (Lipinski definition) is 4. The molecule has 0 atom stereocenters. The van der Waals surface area contributed by atoms with Gasteiger partial charge < -0.3 is 5.32 Å². The molecule has 6 heteroatoms. The molecule has 1 aromatic carbocycles. The highest BCUT2D eigenvalue weighted by Gasteiger charge is 2.24. The second-order valence-corrected chi connectivity index (χ2v) is 6.72. The van der Waals surface area contributed by atoms with Crippen molar-refractivity contribution in [2.45, 2.75) is 19.8 Å². The number of aromatic nitrogens is 1. The molecule has 1 fully saturated rings. The summed E-state index contributed by atoms with van der Waals surface area (Å²) in [4.78, 5) is 18.7. The summed E-state index contributed by atoms with van der Waals surface area (Å²) in [6.45, 7) is 4.36. The molecule has 1 N–H and O–H groups in total. The van der Waals surface area contributed by atoms with Crippen molar-refractivity contribution < 1.29 is 9.18 Å². The average molecular weight is 333 g/mol. The molecule has 3 rings (SSSR count). The van der Waals surface area contributed by atoms with E-state index in [9.17, 15) is 9.18 Å². The van der Waals surface area contributed by atoms with Gasteiger partial charge in [0.15, 0.2) is 5.13 Å². The molecule has 122 valence electrons. The third-order valence-electron chi connectivity index (χ3n) is 3.92. The number of carbonyl (C=O) groups is 1. The van der Waals surface area contributed by atoms with Gasteiger partial charge in [0.25, 0.3) is 0 Å². The van der Waals surface area contributed by atoms with Crippen molar-refractivity contribution in [3.8, 4) is 11.3 Å². The van der Waals surface area contributed by atoms with Crippen LogP contribution in [0.1, 0.15) is 19.8 Å². The maximum Gasteiger partial charge on any atom is 0.240 e. The lowest BCUT2D eigenvalue weighted by Crippen LogP contribution is -2.34. The highest BCUT2D eigenvalue weighted by molar-refractivity contribution is 7.14. The SMILES string of the molecule is CCN(CC(=O)Nc1nc(-c2ccc(F)cc2)cs1)CC1CC1. The fourth-order valence-electron chi connectivity index (χ4n) is 2.42. The first-order valence-electron chi connectivity index (χ1n) is 7.87. The molecule has 0 aliphatic heterocycles. The molecule has 1 aromatic heterocycles. The average Bonchev–Trinajstić information content (AvgIpc) is 3.24. The van der Waals surface area contributed by atoms with Crippen LogP contribution in [0.4, 0.5) is 9.52 Å². The van der Waals surface area contributed by atoms with E-state index in [1.165, 1.54) is 36.3 Å². The Bertz CT molecular complexity index is 667. The van der Waals surface area contributed by atoms with Crippen LogP contribution in [0.15, 0.2) is 29.6 Å². The number of halogens is 1. The molecule has 1 amide bonds. The van der Waals surface area contributed by atoms with Gasteiger partial charge in [-0.25, -0.2) is 9.37 Å². The Hall–Kier alpha value is -1.79. The molecule has 0 radical (unpaired) electrons. The number of carbonyl (C=O) groups excluding carboxylic acids is 1. The van der Waals surface area contributed by atoms with Gasteiger partial charge in [-0.05, 0) is 49.6 Å². The van der Waals surface area contributed by atoms with Gasteiger partial charge in [-0.15, -0.1) is 11.3 Å². The quantitative estimate of drug-likeness (QED) is 0.842. The molecular formula is C17H20FN3OS. The number of rotatable bonds is 7. The monoisotopic (exact) mass is 333 g/mol. The maximum atomic E-state index is 12.9. The van der Waals surface area contributed by atoms with E-state index >= 15 is 0 Å². The van der Waals surface area contributed by atoms with Crippen LogP contribution in [0.3, 0.4) is 0 Å². The first kappa shape index (κ1) is 16.1. The van der Waals surface area contributed by atoms with Crippen LogP contribution in [-0.4, -0.2) is 35.4 Å². The van der Waals surface area contributed by atoms with Crippen LogP contribution >= 0.6 is 11.3 Å². The summed E-state index contributed by atoms with van der Waals surface area (Å²) >= 11 is 1.38. The highest BCUT2D eigenvalue weighted by Crippen LogP contribution is 2.29. The smallest absolute Gasteiger partial charge is 0.240 e. The summed E-state index contributed by atoms with van der Waals surface area (Å²) < 4.78 is 12.9. The lowest BCUT2D eigenvalue weighted by atomic mass is 10.2. The van der Waals surface area contributed by atoms with Gasteiger partial charge >= 0.3 is 0 Å². The van der Waals surface area contributed by atoms with Gasteiger partial charge in [-0.2, -0.15) is 0 Å². The van der Waals surface area contributed by atoms with E-state index in [0.29, 0.717) is 11.7 Å². The van der Waals surface area contributed by atoms with Crippen LogP contribution in [0.2, 0.25) is 0 Å². The van der Waals surface area contributed by atoms with E-state index in [2.05, 4.69) is 22.1 Å². The lowest BCUT2D eigenvalue weighted by molar-refractivity contribution is -0.117. The van der Waals surface area contributed by atoms with Crippen molar-refractivity contribution in [2.24, 2.45) is 5.92 Å². The number of anilines is 1. The molecule has 1 heterocycles. The van der Waals surface area contributed by atoms with E-state index in [1.54, 1.807) is 12.1 Å². The summed E-state index contributed by atoms with van der Waals surface area (Å²) in [5, 5.41) is 5.30. The number of thiazole rings is 1. The van der Waals surface area contributed by atoms with Crippen LogP contribution in [0, 0.1) is 11.7 Å². The Kier molecular flexibility index (Phi) is 5.03. The number of likely N-dealkylation sites (N-methyl/N-ethyl adjacent to an activating group) is 1. The minimum atomic E-state index is -0.271. The lowest BCUT2D eigenvalue weighted by Gasteiger charge is -2.18. The fraction of sp³-hybridized carbons (Fsp3) is 0.412.